The zero-order chi connectivity index (χ0) is 14.1. The molecule has 4 heteroatoms. The van der Waals surface area contributed by atoms with E-state index in [4.69, 9.17) is 4.74 Å². The molecule has 1 N–H and O–H groups in total. The third kappa shape index (κ3) is 2.29. The van der Waals surface area contributed by atoms with Gasteiger partial charge in [0.25, 0.3) is 0 Å². The van der Waals surface area contributed by atoms with E-state index in [1.165, 1.54) is 0 Å². The van der Waals surface area contributed by atoms with E-state index in [0.29, 0.717) is 18.3 Å². The fourth-order valence-electron chi connectivity index (χ4n) is 2.47. The molecule has 1 heterocycles. The average molecular weight is 271 g/mol. The molecule has 0 amide bonds. The Balaban J connectivity index is 1.99. The van der Waals surface area contributed by atoms with Crippen LogP contribution in [0.1, 0.15) is 36.3 Å². The van der Waals surface area contributed by atoms with Gasteiger partial charge in [-0.05, 0) is 61.7 Å². The first-order valence-corrected chi connectivity index (χ1v) is 6.88. The number of carboxylic acids is 1. The second-order valence-electron chi connectivity index (χ2n) is 4.97. The van der Waals surface area contributed by atoms with Crippen LogP contribution in [-0.2, 0) is 0 Å². The molecular weight excluding hydrogens is 254 g/mol. The van der Waals surface area contributed by atoms with Crippen LogP contribution >= 0.6 is 0 Å². The number of carbonyl (C=O) groups is 1. The summed E-state index contributed by atoms with van der Waals surface area (Å²) < 4.78 is 7.37. The molecule has 1 aromatic carbocycles. The molecule has 2 aromatic rings. The summed E-state index contributed by atoms with van der Waals surface area (Å²) >= 11 is 0. The number of hydrogen-bond donors (Lipinski definition) is 1. The number of benzene rings is 1. The Kier molecular flexibility index (Phi) is 3.22. The molecule has 1 saturated carbocycles. The summed E-state index contributed by atoms with van der Waals surface area (Å²) in [5, 5.41) is 9.28. The number of aromatic nitrogens is 1. The summed E-state index contributed by atoms with van der Waals surface area (Å²) in [4.78, 5) is 11.3. The zero-order valence-corrected chi connectivity index (χ0v) is 11.4. The topological polar surface area (TPSA) is 51.5 Å². The minimum absolute atomic E-state index is 0.331. The van der Waals surface area contributed by atoms with Crippen molar-refractivity contribution in [3.8, 4) is 17.0 Å². The Bertz CT molecular complexity index is 624. The van der Waals surface area contributed by atoms with Crippen molar-refractivity contribution >= 4 is 5.97 Å². The Morgan fingerprint density at radius 3 is 2.50 bits per heavy atom. The second kappa shape index (κ2) is 5.04. The molecule has 0 spiro atoms. The van der Waals surface area contributed by atoms with Crippen LogP contribution < -0.4 is 4.74 Å². The molecule has 0 aliphatic heterocycles. The molecule has 104 valence electrons. The first-order valence-electron chi connectivity index (χ1n) is 6.88. The molecule has 20 heavy (non-hydrogen) atoms. The van der Waals surface area contributed by atoms with Gasteiger partial charge in [-0.15, -0.1) is 0 Å². The first kappa shape index (κ1) is 12.8. The standard InChI is InChI=1S/C16H17NO3/c1-2-20-13-7-3-11(4-8-13)14-9-10-15(16(18)19)17(14)12-5-6-12/h3-4,7-10,12H,2,5-6H2,1H3,(H,18,19). The van der Waals surface area contributed by atoms with Gasteiger partial charge in [0.15, 0.2) is 0 Å². The average Bonchev–Trinajstić information content (AvgIpc) is 3.18. The number of carboxylic acid groups (broad SMARTS) is 1. The summed E-state index contributed by atoms with van der Waals surface area (Å²) in [6, 6.07) is 11.7. The monoisotopic (exact) mass is 271 g/mol. The Morgan fingerprint density at radius 1 is 1.25 bits per heavy atom. The van der Waals surface area contributed by atoms with E-state index in [1.54, 1.807) is 6.07 Å². The maximum Gasteiger partial charge on any atom is 0.352 e. The van der Waals surface area contributed by atoms with Gasteiger partial charge in [0.05, 0.1) is 6.61 Å². The van der Waals surface area contributed by atoms with Crippen LogP contribution in [0.3, 0.4) is 0 Å². The van der Waals surface area contributed by atoms with Crippen molar-refractivity contribution in [1.29, 1.82) is 0 Å². The lowest BCUT2D eigenvalue weighted by molar-refractivity contribution is 0.0685. The molecule has 0 atom stereocenters. The van der Waals surface area contributed by atoms with E-state index < -0.39 is 5.97 Å². The number of rotatable bonds is 5. The lowest BCUT2D eigenvalue weighted by Gasteiger charge is -2.11. The summed E-state index contributed by atoms with van der Waals surface area (Å²) in [7, 11) is 0. The van der Waals surface area contributed by atoms with E-state index in [2.05, 4.69) is 0 Å². The predicted molar refractivity (Wildman–Crippen MR) is 76.3 cm³/mol. The van der Waals surface area contributed by atoms with Crippen molar-refractivity contribution in [3.63, 3.8) is 0 Å². The summed E-state index contributed by atoms with van der Waals surface area (Å²) in [5.74, 6) is -0.0340. The number of nitrogens with zero attached hydrogens (tertiary/aromatic N) is 1. The molecular formula is C16H17NO3. The first-order chi connectivity index (χ1) is 9.70. The molecule has 1 aliphatic rings. The van der Waals surface area contributed by atoms with Crippen molar-refractivity contribution in [2.45, 2.75) is 25.8 Å². The maximum atomic E-state index is 11.3. The van der Waals surface area contributed by atoms with Crippen molar-refractivity contribution in [2.24, 2.45) is 0 Å². The van der Waals surface area contributed by atoms with Gasteiger partial charge < -0.3 is 14.4 Å². The van der Waals surface area contributed by atoms with E-state index in [1.807, 2.05) is 41.8 Å². The highest BCUT2D eigenvalue weighted by Crippen LogP contribution is 2.40. The molecule has 1 fully saturated rings. The fraction of sp³-hybridized carbons (Fsp3) is 0.312. The highest BCUT2D eigenvalue weighted by Gasteiger charge is 2.29. The molecule has 0 unspecified atom stereocenters. The van der Waals surface area contributed by atoms with Crippen LogP contribution in [0.4, 0.5) is 0 Å². The van der Waals surface area contributed by atoms with Gasteiger partial charge in [0.2, 0.25) is 0 Å². The third-order valence-corrected chi connectivity index (χ3v) is 3.51. The van der Waals surface area contributed by atoms with E-state index in [9.17, 15) is 9.90 Å². The van der Waals surface area contributed by atoms with Crippen molar-refractivity contribution in [1.82, 2.24) is 4.57 Å². The van der Waals surface area contributed by atoms with Crippen LogP contribution in [0.2, 0.25) is 0 Å². The van der Waals surface area contributed by atoms with E-state index >= 15 is 0 Å². The van der Waals surface area contributed by atoms with Crippen molar-refractivity contribution in [2.75, 3.05) is 6.61 Å². The number of hydrogen-bond acceptors (Lipinski definition) is 2. The largest absolute Gasteiger partial charge is 0.494 e. The highest BCUT2D eigenvalue weighted by atomic mass is 16.5. The van der Waals surface area contributed by atoms with Crippen molar-refractivity contribution < 1.29 is 14.6 Å². The molecule has 1 aliphatic carbocycles. The van der Waals surface area contributed by atoms with Crippen LogP contribution in [0, 0.1) is 0 Å². The summed E-state index contributed by atoms with van der Waals surface area (Å²) in [6.07, 6.45) is 2.11. The quantitative estimate of drug-likeness (QED) is 0.904. The predicted octanol–water partition coefficient (Wildman–Crippen LogP) is 3.59. The van der Waals surface area contributed by atoms with E-state index in [0.717, 1.165) is 29.8 Å². The number of aromatic carboxylic acids is 1. The molecule has 3 rings (SSSR count). The van der Waals surface area contributed by atoms with Gasteiger partial charge in [-0.1, -0.05) is 0 Å². The Labute approximate surface area is 117 Å². The van der Waals surface area contributed by atoms with Gasteiger partial charge in [-0.25, -0.2) is 4.79 Å². The highest BCUT2D eigenvalue weighted by molar-refractivity contribution is 5.87. The minimum Gasteiger partial charge on any atom is -0.494 e. The van der Waals surface area contributed by atoms with Crippen LogP contribution in [-0.4, -0.2) is 22.2 Å². The van der Waals surface area contributed by atoms with Gasteiger partial charge in [0.1, 0.15) is 11.4 Å². The van der Waals surface area contributed by atoms with Crippen molar-refractivity contribution in [3.05, 3.63) is 42.1 Å². The number of ether oxygens (including phenoxy) is 1. The Morgan fingerprint density at radius 2 is 1.95 bits per heavy atom. The summed E-state index contributed by atoms with van der Waals surface area (Å²) in [5.41, 5.74) is 2.36. The normalized spacial score (nSPS) is 14.2. The fourth-order valence-corrected chi connectivity index (χ4v) is 2.47. The Hall–Kier alpha value is -2.23. The van der Waals surface area contributed by atoms with Gasteiger partial charge in [-0.3, -0.25) is 0 Å². The second-order valence-corrected chi connectivity index (χ2v) is 4.97. The lowest BCUT2D eigenvalue weighted by atomic mass is 10.1. The van der Waals surface area contributed by atoms with Gasteiger partial charge in [-0.2, -0.15) is 0 Å². The molecule has 4 nitrogen and oxygen atoms in total. The molecule has 0 saturated heterocycles. The van der Waals surface area contributed by atoms with Crippen LogP contribution in [0.25, 0.3) is 11.3 Å². The lowest BCUT2D eigenvalue weighted by Crippen LogP contribution is -2.08. The smallest absolute Gasteiger partial charge is 0.352 e. The van der Waals surface area contributed by atoms with Crippen LogP contribution in [0.15, 0.2) is 36.4 Å². The zero-order valence-electron chi connectivity index (χ0n) is 11.4. The summed E-state index contributed by atoms with van der Waals surface area (Å²) in [6.45, 7) is 2.59. The molecule has 1 aromatic heterocycles. The van der Waals surface area contributed by atoms with Crippen LogP contribution in [0.5, 0.6) is 5.75 Å². The van der Waals surface area contributed by atoms with Gasteiger partial charge in [0, 0.05) is 11.7 Å². The minimum atomic E-state index is -0.867. The SMILES string of the molecule is CCOc1ccc(-c2ccc(C(=O)O)n2C2CC2)cc1. The maximum absolute atomic E-state index is 11.3. The molecule has 0 radical (unpaired) electrons. The van der Waals surface area contributed by atoms with Gasteiger partial charge >= 0.3 is 5.97 Å². The molecule has 0 bridgehead atoms. The third-order valence-electron chi connectivity index (χ3n) is 3.51. The van der Waals surface area contributed by atoms with E-state index in [-0.39, 0.29) is 0 Å².